The molecule has 0 saturated carbocycles. The molecule has 36 heavy (non-hydrogen) atoms. The molecule has 0 atom stereocenters. The molecule has 1 aliphatic heterocycles. The van der Waals surface area contributed by atoms with Crippen molar-refractivity contribution in [3.63, 3.8) is 0 Å². The van der Waals surface area contributed by atoms with E-state index < -0.39 is 0 Å². The zero-order valence-corrected chi connectivity index (χ0v) is 22.8. The lowest BCUT2D eigenvalue weighted by Crippen LogP contribution is -2.49. The topological polar surface area (TPSA) is 72.1 Å². The minimum atomic E-state index is -0.355. The van der Waals surface area contributed by atoms with Gasteiger partial charge in [0.05, 0.1) is 17.6 Å². The Morgan fingerprint density at radius 2 is 1.81 bits per heavy atom. The second-order valence-electron chi connectivity index (χ2n) is 8.70. The van der Waals surface area contributed by atoms with Gasteiger partial charge in [0.1, 0.15) is 11.5 Å². The summed E-state index contributed by atoms with van der Waals surface area (Å²) in [7, 11) is 0. The number of carbonyl (C=O) groups excluding carboxylic acids is 1. The van der Waals surface area contributed by atoms with Crippen molar-refractivity contribution < 1.29 is 9.18 Å². The maximum Gasteiger partial charge on any atom is 0.274 e. The first kappa shape index (κ1) is 24.8. The van der Waals surface area contributed by atoms with E-state index in [0.29, 0.717) is 30.9 Å². The van der Waals surface area contributed by atoms with Crippen LogP contribution >= 0.6 is 31.9 Å². The summed E-state index contributed by atoms with van der Waals surface area (Å²) in [6.07, 6.45) is 2.45. The van der Waals surface area contributed by atoms with Crippen LogP contribution in [0.2, 0.25) is 0 Å². The van der Waals surface area contributed by atoms with E-state index in [0.717, 1.165) is 45.7 Å². The van der Waals surface area contributed by atoms with Crippen molar-refractivity contribution >= 4 is 37.8 Å². The standard InChI is InChI=1S/C25H24Br2FN7O/c1-17-13-23(30-35(17)21-4-2-3-18(26)14-21)25(36)33-11-9-32(10-12-33)8-7-20-16-34(31-29-20)24-15-19(27)5-6-22(24)28/h2-6,13-16H,7-12H2,1H3. The Kier molecular flexibility index (Phi) is 7.31. The molecular weight excluding hydrogens is 593 g/mol. The Hall–Kier alpha value is -2.89. The Morgan fingerprint density at radius 3 is 2.58 bits per heavy atom. The van der Waals surface area contributed by atoms with Gasteiger partial charge < -0.3 is 4.90 Å². The maximum absolute atomic E-state index is 14.1. The van der Waals surface area contributed by atoms with E-state index in [1.54, 1.807) is 23.0 Å². The Bertz CT molecular complexity index is 1390. The van der Waals surface area contributed by atoms with Crippen molar-refractivity contribution in [1.29, 1.82) is 0 Å². The normalized spacial score (nSPS) is 14.4. The van der Waals surface area contributed by atoms with Gasteiger partial charge in [0.15, 0.2) is 5.69 Å². The third kappa shape index (κ3) is 5.42. The fourth-order valence-electron chi connectivity index (χ4n) is 4.25. The molecule has 2 aromatic carbocycles. The molecule has 0 N–H and O–H groups in total. The van der Waals surface area contributed by atoms with Gasteiger partial charge in [-0.3, -0.25) is 9.69 Å². The number of amides is 1. The van der Waals surface area contributed by atoms with Crippen LogP contribution in [0.25, 0.3) is 11.4 Å². The van der Waals surface area contributed by atoms with Crippen LogP contribution in [0.4, 0.5) is 4.39 Å². The molecule has 1 aliphatic rings. The molecule has 0 unspecified atom stereocenters. The van der Waals surface area contributed by atoms with Crippen LogP contribution in [0.3, 0.4) is 0 Å². The van der Waals surface area contributed by atoms with E-state index in [2.05, 4.69) is 52.2 Å². The van der Waals surface area contributed by atoms with E-state index in [9.17, 15) is 9.18 Å². The second-order valence-corrected chi connectivity index (χ2v) is 10.5. The quantitative estimate of drug-likeness (QED) is 0.321. The number of aryl methyl sites for hydroxylation is 1. The Labute approximate surface area is 225 Å². The molecule has 0 bridgehead atoms. The van der Waals surface area contributed by atoms with Gasteiger partial charge in [-0.2, -0.15) is 5.10 Å². The summed E-state index contributed by atoms with van der Waals surface area (Å²) < 4.78 is 19.1. The Morgan fingerprint density at radius 1 is 1.03 bits per heavy atom. The molecular formula is C25H24Br2FN7O. The SMILES string of the molecule is Cc1cc(C(=O)N2CCN(CCc3cn(-c4cc(Br)ccc4F)nn3)CC2)nn1-c1cccc(Br)c1. The lowest BCUT2D eigenvalue weighted by atomic mass is 10.2. The van der Waals surface area contributed by atoms with Crippen LogP contribution < -0.4 is 0 Å². The smallest absolute Gasteiger partial charge is 0.274 e. The number of carbonyl (C=O) groups is 1. The molecule has 5 rings (SSSR count). The maximum atomic E-state index is 14.1. The molecule has 1 fully saturated rings. The highest BCUT2D eigenvalue weighted by molar-refractivity contribution is 9.10. The van der Waals surface area contributed by atoms with Crippen LogP contribution in [-0.2, 0) is 6.42 Å². The summed E-state index contributed by atoms with van der Waals surface area (Å²) in [4.78, 5) is 17.3. The van der Waals surface area contributed by atoms with Crippen molar-refractivity contribution in [2.45, 2.75) is 13.3 Å². The third-order valence-electron chi connectivity index (χ3n) is 6.20. The second kappa shape index (κ2) is 10.6. The highest BCUT2D eigenvalue weighted by Gasteiger charge is 2.24. The van der Waals surface area contributed by atoms with Gasteiger partial charge in [-0.05, 0) is 49.4 Å². The number of nitrogens with zero attached hydrogens (tertiary/aromatic N) is 7. The lowest BCUT2D eigenvalue weighted by molar-refractivity contribution is 0.0632. The van der Waals surface area contributed by atoms with Gasteiger partial charge >= 0.3 is 0 Å². The number of halogens is 3. The fraction of sp³-hybridized carbons (Fsp3) is 0.280. The molecule has 2 aromatic heterocycles. The average Bonchev–Trinajstić information content (AvgIpc) is 3.51. The van der Waals surface area contributed by atoms with Crippen LogP contribution in [0.15, 0.2) is 63.7 Å². The number of rotatable bonds is 6. The molecule has 0 spiro atoms. The average molecular weight is 617 g/mol. The lowest BCUT2D eigenvalue weighted by Gasteiger charge is -2.34. The van der Waals surface area contributed by atoms with Gasteiger partial charge in [0.2, 0.25) is 0 Å². The van der Waals surface area contributed by atoms with E-state index in [-0.39, 0.29) is 11.7 Å². The molecule has 186 valence electrons. The van der Waals surface area contributed by atoms with E-state index in [4.69, 9.17) is 0 Å². The summed E-state index contributed by atoms with van der Waals surface area (Å²) in [5.74, 6) is -0.405. The summed E-state index contributed by atoms with van der Waals surface area (Å²) in [5, 5.41) is 12.9. The Balaban J connectivity index is 1.15. The molecule has 1 amide bonds. The molecule has 8 nitrogen and oxygen atoms in total. The van der Waals surface area contributed by atoms with Gasteiger partial charge in [-0.1, -0.05) is 43.1 Å². The van der Waals surface area contributed by atoms with Gasteiger partial charge in [0.25, 0.3) is 5.91 Å². The molecule has 0 radical (unpaired) electrons. The highest BCUT2D eigenvalue weighted by Crippen LogP contribution is 2.20. The van der Waals surface area contributed by atoms with E-state index >= 15 is 0 Å². The van der Waals surface area contributed by atoms with Crippen LogP contribution in [0.1, 0.15) is 21.9 Å². The number of benzene rings is 2. The number of hydrogen-bond acceptors (Lipinski definition) is 5. The van der Waals surface area contributed by atoms with Crippen molar-refractivity contribution in [1.82, 2.24) is 34.6 Å². The molecule has 4 aromatic rings. The molecule has 1 saturated heterocycles. The van der Waals surface area contributed by atoms with Crippen LogP contribution in [0.5, 0.6) is 0 Å². The number of piperazine rings is 1. The molecule has 3 heterocycles. The monoisotopic (exact) mass is 615 g/mol. The van der Waals surface area contributed by atoms with Gasteiger partial charge in [-0.25, -0.2) is 13.8 Å². The highest BCUT2D eigenvalue weighted by atomic mass is 79.9. The van der Waals surface area contributed by atoms with Crippen molar-refractivity contribution in [2.24, 2.45) is 0 Å². The van der Waals surface area contributed by atoms with E-state index in [1.165, 1.54) is 10.7 Å². The fourth-order valence-corrected chi connectivity index (χ4v) is 4.99. The first-order valence-electron chi connectivity index (χ1n) is 11.6. The van der Waals surface area contributed by atoms with Crippen molar-refractivity contribution in [3.8, 4) is 11.4 Å². The summed E-state index contributed by atoms with van der Waals surface area (Å²) in [6, 6.07) is 14.4. The number of hydrogen-bond donors (Lipinski definition) is 0. The zero-order valence-electron chi connectivity index (χ0n) is 19.6. The molecule has 11 heteroatoms. The minimum absolute atomic E-state index is 0.0505. The summed E-state index contributed by atoms with van der Waals surface area (Å²) >= 11 is 6.85. The van der Waals surface area contributed by atoms with E-state index in [1.807, 2.05) is 42.2 Å². The third-order valence-corrected chi connectivity index (χ3v) is 7.19. The zero-order chi connectivity index (χ0) is 25.2. The molecule has 0 aliphatic carbocycles. The largest absolute Gasteiger partial charge is 0.335 e. The predicted octanol–water partition coefficient (Wildman–Crippen LogP) is 4.43. The predicted molar refractivity (Wildman–Crippen MR) is 141 cm³/mol. The van der Waals surface area contributed by atoms with Gasteiger partial charge in [0, 0.05) is 53.8 Å². The van der Waals surface area contributed by atoms with Crippen LogP contribution in [0, 0.1) is 12.7 Å². The van der Waals surface area contributed by atoms with Crippen LogP contribution in [-0.4, -0.2) is 73.2 Å². The van der Waals surface area contributed by atoms with Crippen molar-refractivity contribution in [2.75, 3.05) is 32.7 Å². The van der Waals surface area contributed by atoms with Crippen molar-refractivity contribution in [3.05, 3.63) is 86.6 Å². The summed E-state index contributed by atoms with van der Waals surface area (Å²) in [5.41, 5.74) is 3.42. The first-order valence-corrected chi connectivity index (χ1v) is 13.2. The minimum Gasteiger partial charge on any atom is -0.335 e. The van der Waals surface area contributed by atoms with Gasteiger partial charge in [-0.15, -0.1) is 5.10 Å². The first-order chi connectivity index (χ1) is 17.4. The summed E-state index contributed by atoms with van der Waals surface area (Å²) in [6.45, 7) is 5.55. The number of aromatic nitrogens is 5.